The summed E-state index contributed by atoms with van der Waals surface area (Å²) < 4.78 is 12.7. The SMILES string of the molecule is CCOC(=O)c1csc([C@@H](C[C@H](C(C)C)N(C)C(=O)[C@@H](NC(=O)C[N+](C)(C)C)C(C)CC)O[Si](CC)(CC)CC)n1. The molecule has 236 valence electrons. The molecule has 1 rings (SSSR count). The van der Waals surface area contributed by atoms with Crippen LogP contribution in [0.1, 0.15) is 89.8 Å². The van der Waals surface area contributed by atoms with Gasteiger partial charge in [-0.2, -0.15) is 0 Å². The third-order valence-electron chi connectivity index (χ3n) is 8.09. The average molecular weight is 614 g/mol. The van der Waals surface area contributed by atoms with Crippen LogP contribution in [0.15, 0.2) is 5.38 Å². The fourth-order valence-electron chi connectivity index (χ4n) is 5.05. The third kappa shape index (κ3) is 11.1. The Labute approximate surface area is 254 Å². The van der Waals surface area contributed by atoms with Gasteiger partial charge in [-0.3, -0.25) is 9.59 Å². The monoisotopic (exact) mass is 613 g/mol. The zero-order valence-electron chi connectivity index (χ0n) is 27.7. The summed E-state index contributed by atoms with van der Waals surface area (Å²) in [6, 6.07) is 2.14. The predicted octanol–water partition coefficient (Wildman–Crippen LogP) is 5.49. The number of nitrogens with one attached hydrogen (secondary N) is 1. The predicted molar refractivity (Wildman–Crippen MR) is 169 cm³/mol. The number of ether oxygens (including phenoxy) is 1. The molecule has 0 saturated carbocycles. The van der Waals surface area contributed by atoms with Gasteiger partial charge in [-0.25, -0.2) is 9.78 Å². The van der Waals surface area contributed by atoms with Crippen molar-refractivity contribution in [2.75, 3.05) is 41.3 Å². The quantitative estimate of drug-likeness (QED) is 0.134. The van der Waals surface area contributed by atoms with E-state index >= 15 is 0 Å². The van der Waals surface area contributed by atoms with Crippen molar-refractivity contribution >= 4 is 37.4 Å². The van der Waals surface area contributed by atoms with E-state index in [2.05, 4.69) is 44.9 Å². The van der Waals surface area contributed by atoms with Crippen LogP contribution in [-0.4, -0.2) is 93.9 Å². The van der Waals surface area contributed by atoms with E-state index < -0.39 is 20.3 Å². The molecule has 11 heteroatoms. The van der Waals surface area contributed by atoms with Crippen molar-refractivity contribution in [3.63, 3.8) is 0 Å². The highest BCUT2D eigenvalue weighted by molar-refractivity contribution is 7.09. The minimum absolute atomic E-state index is 0.0207. The highest BCUT2D eigenvalue weighted by Gasteiger charge is 2.39. The van der Waals surface area contributed by atoms with Gasteiger partial charge in [0.25, 0.3) is 5.91 Å². The van der Waals surface area contributed by atoms with E-state index in [0.29, 0.717) is 16.6 Å². The lowest BCUT2D eigenvalue weighted by Crippen LogP contribution is -2.56. The number of likely N-dealkylation sites (N-methyl/N-ethyl adjacent to an activating group) is 2. The summed E-state index contributed by atoms with van der Waals surface area (Å²) in [5, 5.41) is 5.52. The van der Waals surface area contributed by atoms with Gasteiger partial charge in [0.2, 0.25) is 5.91 Å². The molecule has 0 bridgehead atoms. The van der Waals surface area contributed by atoms with E-state index in [1.807, 2.05) is 42.0 Å². The normalized spacial score (nSPS) is 15.2. The molecule has 0 fully saturated rings. The first-order chi connectivity index (χ1) is 19.1. The van der Waals surface area contributed by atoms with E-state index in [-0.39, 0.29) is 48.9 Å². The molecule has 0 aliphatic rings. The van der Waals surface area contributed by atoms with E-state index in [0.717, 1.165) is 29.6 Å². The number of esters is 1. The van der Waals surface area contributed by atoms with Gasteiger partial charge in [0.1, 0.15) is 11.0 Å². The lowest BCUT2D eigenvalue weighted by molar-refractivity contribution is -0.862. The van der Waals surface area contributed by atoms with Crippen molar-refractivity contribution in [2.24, 2.45) is 11.8 Å². The molecular weight excluding hydrogens is 557 g/mol. The molecule has 4 atom stereocenters. The molecular formula is C30H57N4O5SSi+. The first kappa shape index (κ1) is 37.2. The Morgan fingerprint density at radius 3 is 2.10 bits per heavy atom. The molecule has 0 saturated heterocycles. The van der Waals surface area contributed by atoms with Crippen LogP contribution < -0.4 is 5.32 Å². The summed E-state index contributed by atoms with van der Waals surface area (Å²) >= 11 is 1.41. The third-order valence-corrected chi connectivity index (χ3v) is 13.7. The number of carbonyl (C=O) groups excluding carboxylic acids is 3. The van der Waals surface area contributed by atoms with Crippen LogP contribution in [-0.2, 0) is 18.8 Å². The molecule has 1 heterocycles. The molecule has 0 aromatic carbocycles. The number of quaternary nitrogens is 1. The second kappa shape index (κ2) is 16.7. The van der Waals surface area contributed by atoms with Crippen molar-refractivity contribution in [3.05, 3.63) is 16.1 Å². The summed E-state index contributed by atoms with van der Waals surface area (Å²) in [5.74, 6) is -0.561. The Morgan fingerprint density at radius 2 is 1.63 bits per heavy atom. The van der Waals surface area contributed by atoms with Crippen molar-refractivity contribution in [1.29, 1.82) is 0 Å². The number of hydrogen-bond donors (Lipinski definition) is 1. The lowest BCUT2D eigenvalue weighted by Gasteiger charge is -2.39. The van der Waals surface area contributed by atoms with Gasteiger partial charge in [0.05, 0.1) is 33.9 Å². The van der Waals surface area contributed by atoms with Crippen LogP contribution in [0.5, 0.6) is 0 Å². The molecule has 0 aliphatic heterocycles. The number of hydrogen-bond acceptors (Lipinski definition) is 7. The molecule has 0 spiro atoms. The van der Waals surface area contributed by atoms with Crippen LogP contribution in [0.4, 0.5) is 0 Å². The number of nitrogens with zero attached hydrogens (tertiary/aromatic N) is 3. The highest BCUT2D eigenvalue weighted by Crippen LogP contribution is 2.36. The van der Waals surface area contributed by atoms with Gasteiger partial charge in [0, 0.05) is 18.5 Å². The topological polar surface area (TPSA) is 97.8 Å². The standard InChI is InChI=1S/C30H56N4O5SSi/c1-13-22(8)27(32-26(35)19-34(10,11)12)29(36)33(9)24(21(6)7)18-25(39-41(15-3,16-4)17-5)28-31-23(20-40-28)30(37)38-14-2/h20-22,24-25,27H,13-19H2,1-12H3/p+1/t22?,24-,25-,27+/m1/s1. The second-order valence-electron chi connectivity index (χ2n) is 12.5. The number of rotatable bonds is 18. The summed E-state index contributed by atoms with van der Waals surface area (Å²) in [5.41, 5.74) is 0.291. The number of carbonyl (C=O) groups is 3. The second-order valence-corrected chi connectivity index (χ2v) is 18.1. The first-order valence-corrected chi connectivity index (χ1v) is 18.7. The zero-order chi connectivity index (χ0) is 31.5. The van der Waals surface area contributed by atoms with E-state index in [9.17, 15) is 14.4 Å². The summed E-state index contributed by atoms with van der Waals surface area (Å²) in [7, 11) is 5.64. The van der Waals surface area contributed by atoms with Gasteiger partial charge >= 0.3 is 5.97 Å². The Balaban J connectivity index is 3.42. The minimum Gasteiger partial charge on any atom is -0.461 e. The van der Waals surface area contributed by atoms with Crippen molar-refractivity contribution in [2.45, 2.75) is 105 Å². The van der Waals surface area contributed by atoms with Crippen molar-refractivity contribution in [3.8, 4) is 0 Å². The fourth-order valence-corrected chi connectivity index (χ4v) is 8.77. The molecule has 9 nitrogen and oxygen atoms in total. The molecule has 0 radical (unpaired) electrons. The van der Waals surface area contributed by atoms with Crippen LogP contribution in [0, 0.1) is 11.8 Å². The number of aromatic nitrogens is 1. The van der Waals surface area contributed by atoms with Crippen molar-refractivity contribution < 1.29 is 28.0 Å². The molecule has 2 amide bonds. The Kier molecular flexibility index (Phi) is 15.2. The Morgan fingerprint density at radius 1 is 1.05 bits per heavy atom. The molecule has 1 aromatic heterocycles. The molecule has 41 heavy (non-hydrogen) atoms. The molecule has 1 unspecified atom stereocenters. The summed E-state index contributed by atoms with van der Waals surface area (Å²) in [6.07, 6.45) is 0.956. The summed E-state index contributed by atoms with van der Waals surface area (Å²) in [4.78, 5) is 45.8. The largest absolute Gasteiger partial charge is 0.461 e. The van der Waals surface area contributed by atoms with Crippen LogP contribution >= 0.6 is 11.3 Å². The molecule has 1 N–H and O–H groups in total. The van der Waals surface area contributed by atoms with E-state index in [4.69, 9.17) is 9.16 Å². The van der Waals surface area contributed by atoms with Gasteiger partial charge in [-0.05, 0) is 43.3 Å². The highest BCUT2D eigenvalue weighted by atomic mass is 32.1. The Bertz CT molecular complexity index is 968. The smallest absolute Gasteiger partial charge is 0.357 e. The molecule has 1 aromatic rings. The van der Waals surface area contributed by atoms with E-state index in [1.165, 1.54) is 11.3 Å². The lowest BCUT2D eigenvalue weighted by atomic mass is 9.93. The van der Waals surface area contributed by atoms with Gasteiger partial charge < -0.3 is 23.9 Å². The first-order valence-electron chi connectivity index (χ1n) is 15.2. The maximum atomic E-state index is 14.0. The van der Waals surface area contributed by atoms with Gasteiger partial charge in [-0.1, -0.05) is 54.9 Å². The van der Waals surface area contributed by atoms with Crippen LogP contribution in [0.3, 0.4) is 0 Å². The Hall–Kier alpha value is -1.82. The number of thiazole rings is 1. The van der Waals surface area contributed by atoms with Crippen molar-refractivity contribution in [1.82, 2.24) is 15.2 Å². The minimum atomic E-state index is -2.06. The van der Waals surface area contributed by atoms with Crippen LogP contribution in [0.25, 0.3) is 0 Å². The van der Waals surface area contributed by atoms with Gasteiger partial charge in [0.15, 0.2) is 20.6 Å². The maximum Gasteiger partial charge on any atom is 0.357 e. The summed E-state index contributed by atoms with van der Waals surface area (Å²) in [6.45, 7) is 17.2. The van der Waals surface area contributed by atoms with Gasteiger partial charge in [-0.15, -0.1) is 11.3 Å². The fraction of sp³-hybridized carbons (Fsp3) is 0.800. The van der Waals surface area contributed by atoms with E-state index in [1.54, 1.807) is 17.2 Å². The van der Waals surface area contributed by atoms with Crippen LogP contribution in [0.2, 0.25) is 18.1 Å². The molecule has 0 aliphatic carbocycles. The number of amides is 2. The maximum absolute atomic E-state index is 14.0. The average Bonchev–Trinajstić information content (AvgIpc) is 3.40. The zero-order valence-corrected chi connectivity index (χ0v) is 29.5.